The number of benzene rings is 1. The summed E-state index contributed by atoms with van der Waals surface area (Å²) in [6.07, 6.45) is 0.958. The van der Waals surface area contributed by atoms with E-state index < -0.39 is 37.7 Å². The molecule has 3 rings (SSSR count). The summed E-state index contributed by atoms with van der Waals surface area (Å²) in [6, 6.07) is 7.03. The zero-order valence-corrected chi connectivity index (χ0v) is 21.2. The maximum absolute atomic E-state index is 12.8. The van der Waals surface area contributed by atoms with E-state index in [0.717, 1.165) is 12.3 Å². The van der Waals surface area contributed by atoms with Gasteiger partial charge in [-0.3, -0.25) is 4.79 Å². The van der Waals surface area contributed by atoms with Gasteiger partial charge in [-0.1, -0.05) is 6.07 Å². The van der Waals surface area contributed by atoms with Crippen molar-refractivity contribution in [1.29, 1.82) is 5.26 Å². The van der Waals surface area contributed by atoms with Crippen LogP contribution in [0.2, 0.25) is 0 Å². The van der Waals surface area contributed by atoms with Crippen LogP contribution in [0.4, 0.5) is 5.82 Å². The van der Waals surface area contributed by atoms with Gasteiger partial charge in [-0.05, 0) is 44.5 Å². The van der Waals surface area contributed by atoms with Crippen LogP contribution in [0, 0.1) is 31.1 Å². The SMILES string of the molecule is CCOC(=O)c1cc(C#N)c(N2CC(C(=O)NS(=O)(=O)c3cc(S(C)(=O)=O)ccc3C)C2)nc1C. The van der Waals surface area contributed by atoms with Gasteiger partial charge in [0.15, 0.2) is 9.84 Å². The largest absolute Gasteiger partial charge is 0.462 e. The summed E-state index contributed by atoms with van der Waals surface area (Å²) in [5.74, 6) is -1.78. The molecule has 1 fully saturated rings. The van der Waals surface area contributed by atoms with Crippen molar-refractivity contribution in [2.45, 2.75) is 30.6 Å². The normalized spacial score (nSPS) is 14.1. The Morgan fingerprint density at radius 3 is 2.43 bits per heavy atom. The fraction of sp³-hybridized carbons (Fsp3) is 0.364. The van der Waals surface area contributed by atoms with Gasteiger partial charge >= 0.3 is 5.97 Å². The molecule has 0 unspecified atom stereocenters. The second kappa shape index (κ2) is 9.63. The molecule has 0 aliphatic carbocycles. The van der Waals surface area contributed by atoms with E-state index in [1.54, 1.807) is 18.7 Å². The summed E-state index contributed by atoms with van der Waals surface area (Å²) in [6.45, 7) is 5.13. The molecule has 1 saturated heterocycles. The zero-order valence-electron chi connectivity index (χ0n) is 19.5. The average Bonchev–Trinajstić information content (AvgIpc) is 2.71. The second-order valence-electron chi connectivity index (χ2n) is 8.10. The smallest absolute Gasteiger partial charge is 0.340 e. The molecule has 186 valence electrons. The monoisotopic (exact) mass is 520 g/mol. The molecule has 2 heterocycles. The lowest BCUT2D eigenvalue weighted by Gasteiger charge is -2.39. The number of pyridine rings is 1. The van der Waals surface area contributed by atoms with Crippen molar-refractivity contribution >= 4 is 37.6 Å². The van der Waals surface area contributed by atoms with Crippen molar-refractivity contribution in [2.75, 3.05) is 30.9 Å². The van der Waals surface area contributed by atoms with E-state index in [0.29, 0.717) is 5.69 Å². The minimum absolute atomic E-state index is 0.101. The van der Waals surface area contributed by atoms with Crippen LogP contribution in [0.15, 0.2) is 34.1 Å². The molecule has 2 aromatic rings. The van der Waals surface area contributed by atoms with Gasteiger partial charge < -0.3 is 9.64 Å². The lowest BCUT2D eigenvalue weighted by molar-refractivity contribution is -0.123. The van der Waals surface area contributed by atoms with Gasteiger partial charge in [0.25, 0.3) is 10.0 Å². The highest BCUT2D eigenvalue weighted by Crippen LogP contribution is 2.29. The van der Waals surface area contributed by atoms with Crippen LogP contribution in [0.5, 0.6) is 0 Å². The molecule has 0 spiro atoms. The van der Waals surface area contributed by atoms with Gasteiger partial charge in [0, 0.05) is 19.3 Å². The van der Waals surface area contributed by atoms with Crippen molar-refractivity contribution < 1.29 is 31.2 Å². The highest BCUT2D eigenvalue weighted by Gasteiger charge is 2.37. The molecule has 1 amide bonds. The Labute approximate surface area is 203 Å². The number of nitrogens with zero attached hydrogens (tertiary/aromatic N) is 3. The highest BCUT2D eigenvalue weighted by atomic mass is 32.2. The van der Waals surface area contributed by atoms with Crippen LogP contribution in [0.3, 0.4) is 0 Å². The number of anilines is 1. The van der Waals surface area contributed by atoms with Crippen LogP contribution in [0.25, 0.3) is 0 Å². The number of nitrogens with one attached hydrogen (secondary N) is 1. The van der Waals surface area contributed by atoms with E-state index in [-0.39, 0.29) is 52.0 Å². The van der Waals surface area contributed by atoms with Crippen LogP contribution in [-0.2, 0) is 29.4 Å². The summed E-state index contributed by atoms with van der Waals surface area (Å²) >= 11 is 0. The van der Waals surface area contributed by atoms with E-state index in [2.05, 4.69) is 4.98 Å². The van der Waals surface area contributed by atoms with Gasteiger partial charge in [0.05, 0.1) is 39.1 Å². The minimum Gasteiger partial charge on any atom is -0.462 e. The van der Waals surface area contributed by atoms with E-state index in [1.165, 1.54) is 25.1 Å². The number of carbonyl (C=O) groups excluding carboxylic acids is 2. The van der Waals surface area contributed by atoms with Crippen molar-refractivity contribution in [3.63, 3.8) is 0 Å². The number of aromatic nitrogens is 1. The predicted octanol–water partition coefficient (Wildman–Crippen LogP) is 1.09. The molecule has 35 heavy (non-hydrogen) atoms. The van der Waals surface area contributed by atoms with Crippen LogP contribution in [-0.4, -0.2) is 59.6 Å². The Hall–Kier alpha value is -3.50. The molecular weight excluding hydrogens is 496 g/mol. The van der Waals surface area contributed by atoms with Crippen molar-refractivity contribution in [3.8, 4) is 6.07 Å². The number of nitriles is 1. The number of sulfonamides is 1. The van der Waals surface area contributed by atoms with Gasteiger partial charge in [0.2, 0.25) is 5.91 Å². The standard InChI is InChI=1S/C22H24N4O7S2/c1-5-33-22(28)18-8-15(10-23)20(24-14(18)3)26-11-16(12-26)21(27)25-35(31,32)19-9-17(34(4,29)30)7-6-13(19)2/h6-9,16H,5,11-12H2,1-4H3,(H,25,27). The first kappa shape index (κ1) is 26.1. The van der Waals surface area contributed by atoms with Gasteiger partial charge in [0.1, 0.15) is 11.9 Å². The quantitative estimate of drug-likeness (QED) is 0.523. The van der Waals surface area contributed by atoms with Crippen molar-refractivity contribution in [1.82, 2.24) is 9.71 Å². The third-order valence-corrected chi connectivity index (χ3v) is 8.07. The topological polar surface area (TPSA) is 164 Å². The van der Waals surface area contributed by atoms with Crippen LogP contribution < -0.4 is 9.62 Å². The fourth-order valence-corrected chi connectivity index (χ4v) is 5.56. The Morgan fingerprint density at radius 1 is 1.20 bits per heavy atom. The fourth-order valence-electron chi connectivity index (χ4n) is 3.52. The molecular formula is C22H24N4O7S2. The number of rotatable bonds is 7. The molecule has 13 heteroatoms. The summed E-state index contributed by atoms with van der Waals surface area (Å²) in [5.41, 5.74) is 0.931. The van der Waals surface area contributed by atoms with Crippen LogP contribution >= 0.6 is 0 Å². The number of carbonyl (C=O) groups is 2. The van der Waals surface area contributed by atoms with Gasteiger partial charge in [-0.2, -0.15) is 5.26 Å². The molecule has 1 aliphatic rings. The Bertz CT molecular complexity index is 1460. The first-order valence-corrected chi connectivity index (χ1v) is 13.9. The first-order valence-electron chi connectivity index (χ1n) is 10.5. The molecule has 1 aliphatic heterocycles. The number of hydrogen-bond donors (Lipinski definition) is 1. The summed E-state index contributed by atoms with van der Waals surface area (Å²) in [5, 5.41) is 9.50. The van der Waals surface area contributed by atoms with Crippen molar-refractivity contribution in [2.24, 2.45) is 5.92 Å². The predicted molar refractivity (Wildman–Crippen MR) is 125 cm³/mol. The van der Waals surface area contributed by atoms with E-state index in [4.69, 9.17) is 4.74 Å². The number of amides is 1. The number of aryl methyl sites for hydroxylation is 2. The third-order valence-electron chi connectivity index (χ3n) is 5.47. The highest BCUT2D eigenvalue weighted by molar-refractivity contribution is 7.91. The average molecular weight is 521 g/mol. The molecule has 1 aromatic carbocycles. The molecule has 1 N–H and O–H groups in total. The Morgan fingerprint density at radius 2 is 1.86 bits per heavy atom. The molecule has 0 radical (unpaired) electrons. The first-order chi connectivity index (χ1) is 16.3. The molecule has 0 saturated carbocycles. The number of esters is 1. The Balaban J connectivity index is 1.76. The van der Waals surface area contributed by atoms with E-state index >= 15 is 0 Å². The zero-order chi connectivity index (χ0) is 26.1. The lowest BCUT2D eigenvalue weighted by Crippen LogP contribution is -2.55. The maximum Gasteiger partial charge on any atom is 0.340 e. The van der Waals surface area contributed by atoms with Crippen molar-refractivity contribution in [3.05, 3.63) is 46.6 Å². The lowest BCUT2D eigenvalue weighted by atomic mass is 9.98. The second-order valence-corrected chi connectivity index (χ2v) is 11.8. The van der Waals surface area contributed by atoms with E-state index in [1.807, 2.05) is 10.8 Å². The van der Waals surface area contributed by atoms with Crippen LogP contribution in [0.1, 0.15) is 34.1 Å². The number of sulfone groups is 1. The number of hydrogen-bond acceptors (Lipinski definition) is 10. The molecule has 0 bridgehead atoms. The summed E-state index contributed by atoms with van der Waals surface area (Å²) < 4.78 is 56.2. The summed E-state index contributed by atoms with van der Waals surface area (Å²) in [4.78, 5) is 30.2. The minimum atomic E-state index is -4.32. The molecule has 11 nitrogen and oxygen atoms in total. The Kier molecular flexibility index (Phi) is 7.18. The third kappa shape index (κ3) is 5.44. The number of ether oxygens (including phenoxy) is 1. The van der Waals surface area contributed by atoms with Gasteiger partial charge in [-0.25, -0.2) is 31.3 Å². The molecule has 1 aromatic heterocycles. The van der Waals surface area contributed by atoms with Gasteiger partial charge in [-0.15, -0.1) is 0 Å². The molecule has 0 atom stereocenters. The van der Waals surface area contributed by atoms with E-state index in [9.17, 15) is 31.7 Å². The summed E-state index contributed by atoms with van der Waals surface area (Å²) in [7, 11) is -7.97. The maximum atomic E-state index is 12.8.